The van der Waals surface area contributed by atoms with Crippen LogP contribution in [0.5, 0.6) is 0 Å². The highest BCUT2D eigenvalue weighted by Gasteiger charge is 2.48. The van der Waals surface area contributed by atoms with Crippen LogP contribution in [0.25, 0.3) is 0 Å². The third-order valence-corrected chi connectivity index (χ3v) is 11.3. The molecule has 1 aliphatic rings. The van der Waals surface area contributed by atoms with Crippen LogP contribution < -0.4 is 5.32 Å². The molecule has 1 amide bonds. The molecule has 7 N–H and O–H groups in total. The van der Waals surface area contributed by atoms with Crippen molar-refractivity contribution in [2.24, 2.45) is 0 Å². The van der Waals surface area contributed by atoms with E-state index < -0.39 is 78.5 Å². The van der Waals surface area contributed by atoms with Gasteiger partial charge in [-0.1, -0.05) is 179 Å². The molecule has 0 aromatic heterocycles. The normalized spacial score (nSPS) is 21.8. The number of amides is 1. The maximum Gasteiger partial charge on any atom is 0.397 e. The molecular formula is C44H83NO12S. The molecule has 0 radical (unpaired) electrons. The third-order valence-electron chi connectivity index (χ3n) is 10.8. The van der Waals surface area contributed by atoms with Gasteiger partial charge in [0.25, 0.3) is 0 Å². The minimum Gasteiger partial charge on any atom is -0.394 e. The molecule has 0 aromatic rings. The molecule has 0 saturated carbocycles. The smallest absolute Gasteiger partial charge is 0.394 e. The number of ether oxygens (including phenoxy) is 2. The van der Waals surface area contributed by atoms with Gasteiger partial charge in [0.2, 0.25) is 5.91 Å². The van der Waals surface area contributed by atoms with Crippen molar-refractivity contribution in [1.82, 2.24) is 5.32 Å². The largest absolute Gasteiger partial charge is 0.397 e. The molecule has 1 fully saturated rings. The number of hydrogen-bond donors (Lipinski definition) is 7. The van der Waals surface area contributed by atoms with Crippen molar-refractivity contribution in [3.63, 3.8) is 0 Å². The molecular weight excluding hydrogens is 767 g/mol. The highest BCUT2D eigenvalue weighted by Crippen LogP contribution is 2.26. The van der Waals surface area contributed by atoms with Crippen LogP contribution in [-0.2, 0) is 28.9 Å². The zero-order chi connectivity index (χ0) is 42.9. The van der Waals surface area contributed by atoms with Gasteiger partial charge in [-0.25, -0.2) is 4.18 Å². The lowest BCUT2D eigenvalue weighted by Crippen LogP contribution is -2.61. The number of rotatable bonds is 38. The van der Waals surface area contributed by atoms with Crippen molar-refractivity contribution in [2.45, 2.75) is 236 Å². The first-order valence-corrected chi connectivity index (χ1v) is 24.2. The molecule has 14 heteroatoms. The van der Waals surface area contributed by atoms with Crippen molar-refractivity contribution >= 4 is 16.3 Å². The SMILES string of the molecule is CCCCCC/C=C/CC/C=C/C(O)C(COC1OC(CO)C(O)C(OS(=O)(=O)O)C1O)NC(=O)C(O)CCCCCCCCCCCCCCCCCCCCC. The van der Waals surface area contributed by atoms with Crippen LogP contribution in [-0.4, -0.2) is 107 Å². The summed E-state index contributed by atoms with van der Waals surface area (Å²) in [5.41, 5.74) is 0. The molecule has 1 saturated heterocycles. The Morgan fingerprint density at radius 2 is 1.16 bits per heavy atom. The second-order valence-corrected chi connectivity index (χ2v) is 17.2. The second kappa shape index (κ2) is 35.2. The average molecular weight is 850 g/mol. The molecule has 13 nitrogen and oxygen atoms in total. The summed E-state index contributed by atoms with van der Waals surface area (Å²) in [5, 5.41) is 55.0. The van der Waals surface area contributed by atoms with Gasteiger partial charge in [0.15, 0.2) is 6.29 Å². The Kier molecular flexibility index (Phi) is 33.1. The Morgan fingerprint density at radius 1 is 0.690 bits per heavy atom. The van der Waals surface area contributed by atoms with Gasteiger partial charge in [-0.3, -0.25) is 9.35 Å². The summed E-state index contributed by atoms with van der Waals surface area (Å²) in [4.78, 5) is 13.1. The standard InChI is InChI=1S/C44H83NO12S/c1-3-5-7-9-11-13-15-16-17-18-19-20-21-22-23-25-27-29-31-33-38(48)43(51)45-36(37(47)32-30-28-26-24-14-12-10-8-6-4-2)35-55-44-41(50)42(57-58(52,53)54)40(49)39(34-46)56-44/h14,24,30,32,36-42,44,46-50H,3-13,15-23,25-29,31,33-35H2,1-2H3,(H,45,51)(H,52,53,54)/b24-14+,32-30+. The van der Waals surface area contributed by atoms with Crippen LogP contribution in [0.1, 0.15) is 187 Å². The van der Waals surface area contributed by atoms with Crippen LogP contribution in [0.3, 0.4) is 0 Å². The summed E-state index contributed by atoms with van der Waals surface area (Å²) in [7, 11) is -5.12. The lowest BCUT2D eigenvalue weighted by molar-refractivity contribution is -0.298. The quantitative estimate of drug-likeness (QED) is 0.0183. The topological polar surface area (TPSA) is 212 Å². The maximum atomic E-state index is 13.1. The summed E-state index contributed by atoms with van der Waals surface area (Å²) in [6.45, 7) is 3.15. The first-order chi connectivity index (χ1) is 27.9. The summed E-state index contributed by atoms with van der Waals surface area (Å²) in [6.07, 6.45) is 27.1. The van der Waals surface area contributed by atoms with E-state index in [1.54, 1.807) is 6.08 Å². The molecule has 1 rings (SSSR count). The van der Waals surface area contributed by atoms with Crippen molar-refractivity contribution in [1.29, 1.82) is 0 Å². The zero-order valence-corrected chi connectivity index (χ0v) is 36.8. The lowest BCUT2D eigenvalue weighted by atomic mass is 9.99. The number of aliphatic hydroxyl groups excluding tert-OH is 5. The number of hydrogen-bond acceptors (Lipinski definition) is 11. The summed E-state index contributed by atoms with van der Waals surface area (Å²) < 4.78 is 47.4. The molecule has 0 spiro atoms. The zero-order valence-electron chi connectivity index (χ0n) is 36.0. The second-order valence-electron chi connectivity index (χ2n) is 16.1. The van der Waals surface area contributed by atoms with Gasteiger partial charge in [-0.2, -0.15) is 8.42 Å². The lowest BCUT2D eigenvalue weighted by Gasteiger charge is -2.41. The van der Waals surface area contributed by atoms with Crippen molar-refractivity contribution in [3.8, 4) is 0 Å². The molecule has 342 valence electrons. The number of unbranched alkanes of at least 4 members (excludes halogenated alkanes) is 23. The highest BCUT2D eigenvalue weighted by atomic mass is 32.3. The Bertz CT molecular complexity index is 1160. The fourth-order valence-electron chi connectivity index (χ4n) is 7.18. The van der Waals surface area contributed by atoms with E-state index in [1.807, 2.05) is 0 Å². The number of carbonyl (C=O) groups is 1. The fraction of sp³-hybridized carbons (Fsp3) is 0.886. The highest BCUT2D eigenvalue weighted by molar-refractivity contribution is 7.80. The predicted molar refractivity (Wildman–Crippen MR) is 228 cm³/mol. The van der Waals surface area contributed by atoms with Crippen molar-refractivity contribution < 1.29 is 57.0 Å². The first kappa shape index (κ1) is 54.6. The number of nitrogens with one attached hydrogen (secondary N) is 1. The Hall–Kier alpha value is -1.46. The van der Waals surface area contributed by atoms with Gasteiger partial charge < -0.3 is 40.3 Å². The molecule has 8 unspecified atom stereocenters. The number of allylic oxidation sites excluding steroid dienone is 3. The van der Waals surface area contributed by atoms with Crippen LogP contribution in [0, 0.1) is 0 Å². The Balaban J connectivity index is 2.52. The van der Waals surface area contributed by atoms with Crippen LogP contribution >= 0.6 is 0 Å². The minimum atomic E-state index is -5.12. The maximum absolute atomic E-state index is 13.1. The molecule has 8 atom stereocenters. The van der Waals surface area contributed by atoms with Crippen LogP contribution in [0.15, 0.2) is 24.3 Å². The van der Waals surface area contributed by atoms with Crippen molar-refractivity contribution in [2.75, 3.05) is 13.2 Å². The molecule has 0 aliphatic carbocycles. The summed E-state index contributed by atoms with van der Waals surface area (Å²) in [5.74, 6) is -0.712. The van der Waals surface area contributed by atoms with Crippen LogP contribution in [0.2, 0.25) is 0 Å². The van der Waals surface area contributed by atoms with Gasteiger partial charge in [-0.15, -0.1) is 0 Å². The van der Waals surface area contributed by atoms with Gasteiger partial charge in [0, 0.05) is 0 Å². The van der Waals surface area contributed by atoms with E-state index in [4.69, 9.17) is 14.0 Å². The monoisotopic (exact) mass is 850 g/mol. The number of carbonyl (C=O) groups excluding carboxylic acids is 1. The van der Waals surface area contributed by atoms with E-state index in [1.165, 1.54) is 122 Å². The van der Waals surface area contributed by atoms with Crippen molar-refractivity contribution in [3.05, 3.63) is 24.3 Å². The van der Waals surface area contributed by atoms with E-state index in [2.05, 4.69) is 35.5 Å². The third kappa shape index (κ3) is 27.4. The van der Waals surface area contributed by atoms with E-state index in [0.717, 1.165) is 38.5 Å². The van der Waals surface area contributed by atoms with E-state index in [-0.39, 0.29) is 6.42 Å². The fourth-order valence-corrected chi connectivity index (χ4v) is 7.69. The van der Waals surface area contributed by atoms with Gasteiger partial charge in [0.1, 0.15) is 30.5 Å². The minimum absolute atomic E-state index is 0.240. The van der Waals surface area contributed by atoms with Gasteiger partial charge >= 0.3 is 10.4 Å². The van der Waals surface area contributed by atoms with Crippen LogP contribution in [0.4, 0.5) is 0 Å². The molecule has 1 aliphatic heterocycles. The summed E-state index contributed by atoms with van der Waals surface area (Å²) in [6, 6.07) is -1.13. The van der Waals surface area contributed by atoms with Gasteiger partial charge in [0.05, 0.1) is 25.4 Å². The van der Waals surface area contributed by atoms with E-state index >= 15 is 0 Å². The van der Waals surface area contributed by atoms with E-state index in [0.29, 0.717) is 12.8 Å². The number of aliphatic hydroxyl groups is 5. The molecule has 0 bridgehead atoms. The summed E-state index contributed by atoms with van der Waals surface area (Å²) >= 11 is 0. The predicted octanol–water partition coefficient (Wildman–Crippen LogP) is 7.52. The molecule has 0 aromatic carbocycles. The molecule has 58 heavy (non-hydrogen) atoms. The molecule has 1 heterocycles. The Labute approximate surface area is 351 Å². The van der Waals surface area contributed by atoms with Gasteiger partial charge in [-0.05, 0) is 32.1 Å². The Morgan fingerprint density at radius 3 is 1.66 bits per heavy atom. The first-order valence-electron chi connectivity index (χ1n) is 22.8. The average Bonchev–Trinajstić information content (AvgIpc) is 3.19. The van der Waals surface area contributed by atoms with E-state index in [9.17, 15) is 38.7 Å².